The smallest absolute Gasteiger partial charge is 0.336 e. The van der Waals surface area contributed by atoms with Crippen LogP contribution in [0.4, 0.5) is 0 Å². The maximum atomic E-state index is 14.7. The maximum absolute atomic E-state index is 14.7. The third-order valence-corrected chi connectivity index (χ3v) is 10.8. The lowest BCUT2D eigenvalue weighted by Gasteiger charge is -2.35. The Bertz CT molecular complexity index is 2020. The third kappa shape index (κ3) is 11.8. The Balaban J connectivity index is 1.33. The molecule has 5 amide bonds. The maximum Gasteiger partial charge on any atom is 0.336 e. The van der Waals surface area contributed by atoms with E-state index >= 15 is 0 Å². The minimum atomic E-state index is -1.40. The van der Waals surface area contributed by atoms with Crippen LogP contribution >= 0.6 is 0 Å². The second-order valence-corrected chi connectivity index (χ2v) is 15.0. The lowest BCUT2D eigenvalue weighted by molar-refractivity contribution is -0.144. The molecule has 0 radical (unpaired) electrons. The third-order valence-electron chi connectivity index (χ3n) is 10.8. The topological polar surface area (TPSA) is 238 Å². The van der Waals surface area contributed by atoms with Gasteiger partial charge in [-0.05, 0) is 48.4 Å². The predicted octanol–water partition coefficient (Wildman–Crippen LogP) is 3.16. The Hall–Kier alpha value is -6.42. The fourth-order valence-electron chi connectivity index (χ4n) is 7.69. The van der Waals surface area contributed by atoms with Gasteiger partial charge in [0, 0.05) is 13.0 Å². The standard InChI is InChI=1S/C44H51N5O11/c1-2-14-33(38(51)41(54)45-24-35(50)47-37(44(58)59)29-19-10-5-11-20-29)46-40(53)34-23-30(60-26-27-15-6-3-7-16-27)25-49(34)42(55)36(28-17-8-4-9-18-28)48-39(52)31-21-12-13-22-32(31)43(56)57/h3,5-7,10-13,15-16,19-22,28,30,33-34,36-37H,2,4,8-9,14,17-18,23-26H2,1H3,(H,45,54)(H,46,53)(H,47,50)(H,48,52)(H,56,57)(H,58,59). The number of ether oxygens (including phenoxy) is 1. The highest BCUT2D eigenvalue weighted by molar-refractivity contribution is 6.38. The monoisotopic (exact) mass is 825 g/mol. The Kier molecular flexibility index (Phi) is 16.0. The molecule has 5 rings (SSSR count). The number of aliphatic carboxylic acids is 1. The summed E-state index contributed by atoms with van der Waals surface area (Å²) in [5.74, 6) is -8.08. The molecule has 5 unspecified atom stereocenters. The van der Waals surface area contributed by atoms with Crippen molar-refractivity contribution in [1.82, 2.24) is 26.2 Å². The van der Waals surface area contributed by atoms with Crippen LogP contribution in [0.15, 0.2) is 84.9 Å². The predicted molar refractivity (Wildman–Crippen MR) is 216 cm³/mol. The first-order valence-corrected chi connectivity index (χ1v) is 20.2. The number of hydrogen-bond donors (Lipinski definition) is 6. The Morgan fingerprint density at radius 1 is 0.783 bits per heavy atom. The van der Waals surface area contributed by atoms with Gasteiger partial charge in [0.05, 0.1) is 36.4 Å². The summed E-state index contributed by atoms with van der Waals surface area (Å²) in [5, 5.41) is 29.4. The molecule has 3 aromatic rings. The highest BCUT2D eigenvalue weighted by Crippen LogP contribution is 2.31. The van der Waals surface area contributed by atoms with Crippen molar-refractivity contribution in [3.05, 3.63) is 107 Å². The van der Waals surface area contributed by atoms with E-state index in [1.165, 1.54) is 41.3 Å². The highest BCUT2D eigenvalue weighted by Gasteiger charge is 2.45. The number of aromatic carboxylic acids is 1. The van der Waals surface area contributed by atoms with Crippen LogP contribution in [0.1, 0.15) is 96.2 Å². The molecule has 6 N–H and O–H groups in total. The van der Waals surface area contributed by atoms with Gasteiger partial charge in [-0.15, -0.1) is 0 Å². The summed E-state index contributed by atoms with van der Waals surface area (Å²) >= 11 is 0. The van der Waals surface area contributed by atoms with Crippen LogP contribution in [0, 0.1) is 5.92 Å². The summed E-state index contributed by atoms with van der Waals surface area (Å²) in [7, 11) is 0. The second kappa shape index (κ2) is 21.5. The van der Waals surface area contributed by atoms with Crippen molar-refractivity contribution in [2.45, 2.75) is 95.2 Å². The SMILES string of the molecule is CCCC(NC(=O)C1CC(OCc2ccccc2)CN1C(=O)C(NC(=O)c1ccccc1C(=O)O)C1CCCCC1)C(=O)C(=O)NCC(=O)NC(C(=O)O)c1ccccc1. The summed E-state index contributed by atoms with van der Waals surface area (Å²) in [6.45, 7) is 1.17. The van der Waals surface area contributed by atoms with Crippen LogP contribution in [-0.2, 0) is 40.1 Å². The van der Waals surface area contributed by atoms with Crippen LogP contribution in [0.2, 0.25) is 0 Å². The number of ketones is 1. The van der Waals surface area contributed by atoms with E-state index in [9.17, 15) is 48.6 Å². The number of amides is 5. The normalized spacial score (nSPS) is 18.0. The number of likely N-dealkylation sites (tertiary alicyclic amines) is 1. The zero-order chi connectivity index (χ0) is 43.2. The number of benzene rings is 3. The van der Waals surface area contributed by atoms with Crippen molar-refractivity contribution in [1.29, 1.82) is 0 Å². The number of nitrogens with one attached hydrogen (secondary N) is 4. The minimum Gasteiger partial charge on any atom is -0.479 e. The van der Waals surface area contributed by atoms with Gasteiger partial charge in [0.25, 0.3) is 11.8 Å². The fraction of sp³-hybridized carbons (Fsp3) is 0.409. The molecule has 5 atom stereocenters. The minimum absolute atomic E-state index is 0.0309. The lowest BCUT2D eigenvalue weighted by atomic mass is 9.83. The van der Waals surface area contributed by atoms with E-state index in [0.717, 1.165) is 24.8 Å². The summed E-state index contributed by atoms with van der Waals surface area (Å²) in [5.41, 5.74) is 0.813. The van der Waals surface area contributed by atoms with Gasteiger partial charge in [-0.2, -0.15) is 0 Å². The average molecular weight is 826 g/mol. The van der Waals surface area contributed by atoms with E-state index in [0.29, 0.717) is 24.8 Å². The molecule has 2 aliphatic rings. The zero-order valence-electron chi connectivity index (χ0n) is 33.3. The number of carbonyl (C=O) groups is 8. The number of Topliss-reactive ketones (excluding diaryl/α,β-unsaturated/α-hetero) is 1. The molecule has 0 aromatic heterocycles. The number of carboxylic acid groups (broad SMARTS) is 2. The van der Waals surface area contributed by atoms with Crippen LogP contribution in [0.25, 0.3) is 0 Å². The van der Waals surface area contributed by atoms with Crippen molar-refractivity contribution < 1.29 is 53.3 Å². The molecular formula is C44H51N5O11. The fourth-order valence-corrected chi connectivity index (χ4v) is 7.69. The Morgan fingerprint density at radius 3 is 2.05 bits per heavy atom. The molecule has 1 aliphatic carbocycles. The van der Waals surface area contributed by atoms with Gasteiger partial charge in [0.2, 0.25) is 23.5 Å². The highest BCUT2D eigenvalue weighted by atomic mass is 16.5. The second-order valence-electron chi connectivity index (χ2n) is 15.0. The molecule has 16 heteroatoms. The zero-order valence-corrected chi connectivity index (χ0v) is 33.3. The molecule has 0 spiro atoms. The molecule has 2 fully saturated rings. The number of nitrogens with zero attached hydrogens (tertiary/aromatic N) is 1. The van der Waals surface area contributed by atoms with E-state index in [4.69, 9.17) is 4.74 Å². The van der Waals surface area contributed by atoms with Crippen molar-refractivity contribution in [2.75, 3.05) is 13.1 Å². The molecule has 1 saturated heterocycles. The molecule has 0 bridgehead atoms. The van der Waals surface area contributed by atoms with Gasteiger partial charge in [0.15, 0.2) is 6.04 Å². The van der Waals surface area contributed by atoms with Gasteiger partial charge in [0.1, 0.15) is 12.1 Å². The van der Waals surface area contributed by atoms with Gasteiger partial charge in [-0.25, -0.2) is 9.59 Å². The van der Waals surface area contributed by atoms with E-state index in [1.54, 1.807) is 25.1 Å². The Morgan fingerprint density at radius 2 is 1.42 bits per heavy atom. The molecule has 3 aromatic carbocycles. The largest absolute Gasteiger partial charge is 0.479 e. The number of carboxylic acids is 2. The summed E-state index contributed by atoms with van der Waals surface area (Å²) < 4.78 is 6.20. The number of rotatable bonds is 19. The first kappa shape index (κ1) is 44.7. The quantitative estimate of drug-likeness (QED) is 0.0961. The van der Waals surface area contributed by atoms with Gasteiger partial charge in [-0.1, -0.05) is 105 Å². The average Bonchev–Trinajstić information content (AvgIpc) is 3.70. The van der Waals surface area contributed by atoms with Crippen molar-refractivity contribution in [2.24, 2.45) is 5.92 Å². The van der Waals surface area contributed by atoms with Crippen LogP contribution < -0.4 is 21.3 Å². The summed E-state index contributed by atoms with van der Waals surface area (Å²) in [6, 6.07) is 17.9. The summed E-state index contributed by atoms with van der Waals surface area (Å²) in [4.78, 5) is 107. The summed E-state index contributed by atoms with van der Waals surface area (Å²) in [6.07, 6.45) is 3.58. The number of carbonyl (C=O) groups excluding carboxylic acids is 6. The molecule has 1 aliphatic heterocycles. The van der Waals surface area contributed by atoms with Crippen molar-refractivity contribution in [3.63, 3.8) is 0 Å². The van der Waals surface area contributed by atoms with Gasteiger partial charge >= 0.3 is 11.9 Å². The van der Waals surface area contributed by atoms with E-state index < -0.39 is 84.1 Å². The molecule has 318 valence electrons. The first-order chi connectivity index (χ1) is 28.9. The van der Waals surface area contributed by atoms with E-state index in [1.807, 2.05) is 30.3 Å². The van der Waals surface area contributed by atoms with Crippen molar-refractivity contribution >= 4 is 47.3 Å². The Labute approximate surface area is 347 Å². The van der Waals surface area contributed by atoms with Gasteiger partial charge < -0.3 is 41.1 Å². The van der Waals surface area contributed by atoms with Gasteiger partial charge in [-0.3, -0.25) is 28.8 Å². The van der Waals surface area contributed by atoms with Crippen LogP contribution in [-0.4, -0.2) is 99.7 Å². The molecule has 16 nitrogen and oxygen atoms in total. The van der Waals surface area contributed by atoms with Crippen LogP contribution in [0.3, 0.4) is 0 Å². The van der Waals surface area contributed by atoms with Crippen molar-refractivity contribution in [3.8, 4) is 0 Å². The van der Waals surface area contributed by atoms with E-state index in [2.05, 4.69) is 21.3 Å². The molecule has 60 heavy (non-hydrogen) atoms. The lowest BCUT2D eigenvalue weighted by Crippen LogP contribution is -2.58. The molecule has 1 saturated carbocycles. The molecule has 1 heterocycles. The molecular weight excluding hydrogens is 775 g/mol. The first-order valence-electron chi connectivity index (χ1n) is 20.2. The van der Waals surface area contributed by atoms with E-state index in [-0.39, 0.29) is 43.0 Å². The number of hydrogen-bond acceptors (Lipinski definition) is 9. The van der Waals surface area contributed by atoms with Crippen LogP contribution in [0.5, 0.6) is 0 Å².